The van der Waals surface area contributed by atoms with Crippen molar-refractivity contribution in [2.24, 2.45) is 5.92 Å². The lowest BCUT2D eigenvalue weighted by molar-refractivity contribution is -0.142. The number of nitrogens with zero attached hydrogens (tertiary/aromatic N) is 4. The van der Waals surface area contributed by atoms with Gasteiger partial charge in [-0.2, -0.15) is 0 Å². The zero-order valence-electron chi connectivity index (χ0n) is 14.7. The fraction of sp³-hybridized carbons (Fsp3) is 0.300. The number of fused-ring (bicyclic) bond motifs is 1. The Morgan fingerprint density at radius 2 is 1.81 bits per heavy atom. The Bertz CT molecular complexity index is 967. The molecule has 0 unspecified atom stereocenters. The van der Waals surface area contributed by atoms with Crippen LogP contribution in [-0.4, -0.2) is 44.2 Å². The molecule has 1 aromatic carbocycles. The molecule has 1 saturated heterocycles. The molecule has 0 bridgehead atoms. The maximum absolute atomic E-state index is 11.1. The van der Waals surface area contributed by atoms with Crippen LogP contribution in [-0.2, 0) is 11.4 Å². The zero-order valence-corrected chi connectivity index (χ0v) is 14.7. The molecule has 0 atom stereocenters. The van der Waals surface area contributed by atoms with Crippen molar-refractivity contribution in [2.75, 3.05) is 18.0 Å². The number of aliphatic hydroxyl groups excluding tert-OH is 1. The summed E-state index contributed by atoms with van der Waals surface area (Å²) in [5.41, 5.74) is 2.77. The minimum Gasteiger partial charge on any atom is -0.481 e. The molecule has 1 fully saturated rings. The zero-order chi connectivity index (χ0) is 18.8. The van der Waals surface area contributed by atoms with E-state index in [1.54, 1.807) is 12.4 Å². The first kappa shape index (κ1) is 17.4. The number of carbonyl (C=O) groups is 1. The average molecular weight is 364 g/mol. The van der Waals surface area contributed by atoms with Crippen molar-refractivity contribution in [2.45, 2.75) is 19.4 Å². The van der Waals surface area contributed by atoms with Gasteiger partial charge in [-0.25, -0.2) is 15.0 Å². The van der Waals surface area contributed by atoms with Crippen molar-refractivity contribution in [3.05, 3.63) is 48.5 Å². The smallest absolute Gasteiger partial charge is 0.306 e. The summed E-state index contributed by atoms with van der Waals surface area (Å²) in [6, 6.07) is 10.0. The van der Waals surface area contributed by atoms with E-state index in [1.807, 2.05) is 30.3 Å². The molecular formula is C20H20N4O3. The van der Waals surface area contributed by atoms with E-state index in [9.17, 15) is 4.79 Å². The van der Waals surface area contributed by atoms with Crippen molar-refractivity contribution in [3.63, 3.8) is 0 Å². The predicted octanol–water partition coefficient (Wildman–Crippen LogP) is 2.49. The third-order valence-electron chi connectivity index (χ3n) is 5.02. The quantitative estimate of drug-likeness (QED) is 0.734. The standard InChI is InChI=1S/C20H20N4O3/c25-12-18-21-10-16(11-22-18)14-1-3-17-15(9-14)2-4-19(23-17)24-7-5-13(6-8-24)20(26)27/h1-4,9-11,13,25H,5-8,12H2,(H,26,27). The normalized spacial score (nSPS) is 15.2. The van der Waals surface area contributed by atoms with Gasteiger partial charge in [0.25, 0.3) is 0 Å². The molecule has 27 heavy (non-hydrogen) atoms. The molecule has 138 valence electrons. The Balaban J connectivity index is 1.56. The number of benzene rings is 1. The molecule has 7 nitrogen and oxygen atoms in total. The highest BCUT2D eigenvalue weighted by atomic mass is 16.4. The van der Waals surface area contributed by atoms with Gasteiger partial charge >= 0.3 is 5.97 Å². The van der Waals surface area contributed by atoms with Crippen LogP contribution in [0.2, 0.25) is 0 Å². The number of carboxylic acids is 1. The number of aromatic nitrogens is 3. The first-order valence-electron chi connectivity index (χ1n) is 8.95. The number of hydrogen-bond acceptors (Lipinski definition) is 6. The Morgan fingerprint density at radius 3 is 2.48 bits per heavy atom. The highest BCUT2D eigenvalue weighted by Gasteiger charge is 2.25. The van der Waals surface area contributed by atoms with Crippen molar-refractivity contribution in [1.29, 1.82) is 0 Å². The SMILES string of the molecule is O=C(O)C1CCN(c2ccc3cc(-c4cnc(CO)nc4)ccc3n2)CC1. The van der Waals surface area contributed by atoms with Gasteiger partial charge in [-0.15, -0.1) is 0 Å². The maximum atomic E-state index is 11.1. The van der Waals surface area contributed by atoms with Gasteiger partial charge in [-0.3, -0.25) is 4.79 Å². The molecule has 0 spiro atoms. The Labute approximate surface area is 156 Å². The van der Waals surface area contributed by atoms with Crippen LogP contribution >= 0.6 is 0 Å². The molecular weight excluding hydrogens is 344 g/mol. The maximum Gasteiger partial charge on any atom is 0.306 e. The first-order chi connectivity index (χ1) is 13.1. The van der Waals surface area contributed by atoms with E-state index in [2.05, 4.69) is 14.9 Å². The van der Waals surface area contributed by atoms with E-state index in [1.165, 1.54) is 0 Å². The predicted molar refractivity (Wildman–Crippen MR) is 101 cm³/mol. The minimum atomic E-state index is -0.704. The molecule has 0 saturated carbocycles. The fourth-order valence-electron chi connectivity index (χ4n) is 3.41. The van der Waals surface area contributed by atoms with Gasteiger partial charge in [0.1, 0.15) is 12.4 Å². The van der Waals surface area contributed by atoms with Crippen LogP contribution in [0.15, 0.2) is 42.7 Å². The van der Waals surface area contributed by atoms with Gasteiger partial charge in [0.05, 0.1) is 11.4 Å². The lowest BCUT2D eigenvalue weighted by atomic mass is 9.97. The van der Waals surface area contributed by atoms with E-state index < -0.39 is 5.97 Å². The van der Waals surface area contributed by atoms with E-state index >= 15 is 0 Å². The van der Waals surface area contributed by atoms with Crippen LogP contribution in [0.1, 0.15) is 18.7 Å². The molecule has 3 aromatic rings. The van der Waals surface area contributed by atoms with E-state index in [0.29, 0.717) is 31.8 Å². The molecule has 0 aliphatic carbocycles. The van der Waals surface area contributed by atoms with E-state index in [0.717, 1.165) is 27.8 Å². The number of anilines is 1. The van der Waals surface area contributed by atoms with Gasteiger partial charge in [0.2, 0.25) is 0 Å². The second kappa shape index (κ2) is 7.28. The summed E-state index contributed by atoms with van der Waals surface area (Å²) in [5.74, 6) is 0.334. The molecule has 0 amide bonds. The number of aliphatic hydroxyl groups is 1. The number of pyridine rings is 1. The Morgan fingerprint density at radius 1 is 1.07 bits per heavy atom. The van der Waals surface area contributed by atoms with Crippen molar-refractivity contribution in [3.8, 4) is 11.1 Å². The van der Waals surface area contributed by atoms with Crippen molar-refractivity contribution in [1.82, 2.24) is 15.0 Å². The van der Waals surface area contributed by atoms with Gasteiger partial charge in [-0.1, -0.05) is 6.07 Å². The van der Waals surface area contributed by atoms with Gasteiger partial charge in [0.15, 0.2) is 5.82 Å². The van der Waals surface area contributed by atoms with Crippen molar-refractivity contribution < 1.29 is 15.0 Å². The van der Waals surface area contributed by atoms with E-state index in [4.69, 9.17) is 15.2 Å². The molecule has 1 aliphatic rings. The summed E-state index contributed by atoms with van der Waals surface area (Å²) < 4.78 is 0. The van der Waals surface area contributed by atoms with Crippen LogP contribution in [0.25, 0.3) is 22.0 Å². The second-order valence-electron chi connectivity index (χ2n) is 6.72. The lowest BCUT2D eigenvalue weighted by Crippen LogP contribution is -2.36. The van der Waals surface area contributed by atoms with Gasteiger partial charge in [0, 0.05) is 36.4 Å². The molecule has 3 heterocycles. The van der Waals surface area contributed by atoms with Gasteiger partial charge < -0.3 is 15.1 Å². The summed E-state index contributed by atoms with van der Waals surface area (Å²) in [7, 11) is 0. The van der Waals surface area contributed by atoms with Crippen LogP contribution in [0.4, 0.5) is 5.82 Å². The lowest BCUT2D eigenvalue weighted by Gasteiger charge is -2.31. The Kier molecular flexibility index (Phi) is 4.68. The first-order valence-corrected chi connectivity index (χ1v) is 8.95. The number of piperidine rings is 1. The topological polar surface area (TPSA) is 99.4 Å². The largest absolute Gasteiger partial charge is 0.481 e. The molecule has 0 radical (unpaired) electrons. The summed E-state index contributed by atoms with van der Waals surface area (Å²) in [5, 5.41) is 19.2. The molecule has 4 rings (SSSR count). The summed E-state index contributed by atoms with van der Waals surface area (Å²) in [6.07, 6.45) is 4.71. The van der Waals surface area contributed by atoms with Crippen LogP contribution < -0.4 is 4.90 Å². The highest BCUT2D eigenvalue weighted by Crippen LogP contribution is 2.27. The van der Waals surface area contributed by atoms with Crippen LogP contribution in [0.3, 0.4) is 0 Å². The molecule has 2 N–H and O–H groups in total. The fourth-order valence-corrected chi connectivity index (χ4v) is 3.41. The molecule has 1 aliphatic heterocycles. The monoisotopic (exact) mass is 364 g/mol. The van der Waals surface area contributed by atoms with E-state index in [-0.39, 0.29) is 12.5 Å². The summed E-state index contributed by atoms with van der Waals surface area (Å²) in [4.78, 5) is 26.2. The average Bonchev–Trinajstić information content (AvgIpc) is 2.73. The Hall–Kier alpha value is -3.06. The highest BCUT2D eigenvalue weighted by molar-refractivity contribution is 5.85. The second-order valence-corrected chi connectivity index (χ2v) is 6.72. The van der Waals surface area contributed by atoms with Crippen molar-refractivity contribution >= 4 is 22.7 Å². The number of carboxylic acid groups (broad SMARTS) is 1. The minimum absolute atomic E-state index is 0.172. The molecule has 7 heteroatoms. The summed E-state index contributed by atoms with van der Waals surface area (Å²) in [6.45, 7) is 1.25. The van der Waals surface area contributed by atoms with Crippen LogP contribution in [0, 0.1) is 5.92 Å². The van der Waals surface area contributed by atoms with Gasteiger partial charge in [-0.05, 0) is 42.7 Å². The number of rotatable bonds is 4. The number of hydrogen-bond donors (Lipinski definition) is 2. The third-order valence-corrected chi connectivity index (χ3v) is 5.02. The molecule has 2 aromatic heterocycles. The number of aliphatic carboxylic acids is 1. The summed E-state index contributed by atoms with van der Waals surface area (Å²) >= 11 is 0. The van der Waals surface area contributed by atoms with Crippen LogP contribution in [0.5, 0.6) is 0 Å². The third kappa shape index (κ3) is 3.59.